The van der Waals surface area contributed by atoms with Crippen LogP contribution in [0.1, 0.15) is 0 Å². The summed E-state index contributed by atoms with van der Waals surface area (Å²) in [5.41, 5.74) is 0.552. The van der Waals surface area contributed by atoms with Gasteiger partial charge in [-0.15, -0.1) is 11.6 Å². The summed E-state index contributed by atoms with van der Waals surface area (Å²) in [5.74, 6) is 0.295. The average molecular weight is 106 g/mol. The number of hydrogen-bond acceptors (Lipinski definition) is 0. The van der Waals surface area contributed by atoms with Crippen molar-refractivity contribution < 1.29 is 5.11 Å². The van der Waals surface area contributed by atoms with E-state index in [1.54, 1.807) is 0 Å². The lowest BCUT2D eigenvalue weighted by Crippen LogP contribution is -1.84. The van der Waals surface area contributed by atoms with E-state index in [2.05, 4.69) is 6.58 Å². The highest BCUT2D eigenvalue weighted by molar-refractivity contribution is 6.19. The number of rotatable bonds is 2. The molecule has 0 aromatic carbocycles. The van der Waals surface area contributed by atoms with E-state index in [-0.39, 0.29) is 6.61 Å². The highest BCUT2D eigenvalue weighted by Gasteiger charge is 1.83. The lowest BCUT2D eigenvalue weighted by molar-refractivity contribution is 0.224. The van der Waals surface area contributed by atoms with Gasteiger partial charge in [-0.1, -0.05) is 6.58 Å². The largest absolute Gasteiger partial charge is 0.232 e. The van der Waals surface area contributed by atoms with E-state index in [9.17, 15) is 5.11 Å². The lowest BCUT2D eigenvalue weighted by Gasteiger charge is -1.84. The Balaban J connectivity index is 2.99. The van der Waals surface area contributed by atoms with Crippen molar-refractivity contribution in [3.8, 4) is 0 Å². The first-order valence-corrected chi connectivity index (χ1v) is 2.15. The van der Waals surface area contributed by atoms with Crippen molar-refractivity contribution >= 4 is 11.6 Å². The Kier molecular flexibility index (Phi) is 3.19. The summed E-state index contributed by atoms with van der Waals surface area (Å²) in [6, 6.07) is 0. The van der Waals surface area contributed by atoms with E-state index in [0.29, 0.717) is 11.5 Å². The number of halogens is 1. The molecule has 35 valence electrons. The van der Waals surface area contributed by atoms with Crippen molar-refractivity contribution in [3.05, 3.63) is 12.2 Å². The maximum atomic E-state index is 9.68. The average Bonchev–Trinajstić information content (AvgIpc) is 1.65. The van der Waals surface area contributed by atoms with Gasteiger partial charge in [0.1, 0.15) is 6.61 Å². The maximum Gasteiger partial charge on any atom is 0.104 e. The topological polar surface area (TPSA) is 19.9 Å². The molecule has 0 spiro atoms. The molecule has 0 fully saturated rings. The second kappa shape index (κ2) is 3.19. The zero-order chi connectivity index (χ0) is 4.99. The lowest BCUT2D eigenvalue weighted by atomic mass is 10.4. The highest BCUT2D eigenvalue weighted by atomic mass is 35.5. The van der Waals surface area contributed by atoms with E-state index in [1.165, 1.54) is 0 Å². The van der Waals surface area contributed by atoms with E-state index in [0.717, 1.165) is 0 Å². The normalized spacial score (nSPS) is 8.33. The minimum absolute atomic E-state index is 0.247. The van der Waals surface area contributed by atoms with Gasteiger partial charge in [-0.2, -0.15) is 0 Å². The molecule has 0 saturated heterocycles. The summed E-state index contributed by atoms with van der Waals surface area (Å²) in [6.07, 6.45) is 0. The Bertz CT molecular complexity index is 45.5. The van der Waals surface area contributed by atoms with Crippen molar-refractivity contribution in [3.63, 3.8) is 0 Å². The van der Waals surface area contributed by atoms with E-state index < -0.39 is 0 Å². The number of hydrogen-bond donors (Lipinski definition) is 0. The molecule has 1 radical (unpaired) electrons. The molecule has 0 aromatic heterocycles. The summed E-state index contributed by atoms with van der Waals surface area (Å²) in [5, 5.41) is 9.68. The Morgan fingerprint density at radius 2 is 2.33 bits per heavy atom. The van der Waals surface area contributed by atoms with Crippen LogP contribution >= 0.6 is 11.6 Å². The van der Waals surface area contributed by atoms with Crippen molar-refractivity contribution in [2.45, 2.75) is 0 Å². The van der Waals surface area contributed by atoms with Gasteiger partial charge in [0.15, 0.2) is 0 Å². The Morgan fingerprint density at radius 1 is 1.83 bits per heavy atom. The van der Waals surface area contributed by atoms with Crippen LogP contribution in [0.25, 0.3) is 0 Å². The van der Waals surface area contributed by atoms with Crippen LogP contribution < -0.4 is 0 Å². The molecule has 0 bridgehead atoms. The molecule has 1 nitrogen and oxygen atoms in total. The van der Waals surface area contributed by atoms with Gasteiger partial charge in [0.05, 0.1) is 0 Å². The van der Waals surface area contributed by atoms with Crippen molar-refractivity contribution in [1.82, 2.24) is 0 Å². The smallest absolute Gasteiger partial charge is 0.104 e. The first-order valence-electron chi connectivity index (χ1n) is 1.62. The zero-order valence-corrected chi connectivity index (χ0v) is 4.16. The van der Waals surface area contributed by atoms with Gasteiger partial charge in [0, 0.05) is 5.88 Å². The monoisotopic (exact) mass is 105 g/mol. The molecule has 0 aliphatic carbocycles. The third-order valence-corrected chi connectivity index (χ3v) is 0.771. The Morgan fingerprint density at radius 3 is 2.33 bits per heavy atom. The van der Waals surface area contributed by atoms with Gasteiger partial charge < -0.3 is 0 Å². The summed E-state index contributed by atoms with van der Waals surface area (Å²) in [4.78, 5) is 0. The summed E-state index contributed by atoms with van der Waals surface area (Å²) >= 11 is 5.15. The second-order valence-corrected chi connectivity index (χ2v) is 1.30. The van der Waals surface area contributed by atoms with Crippen LogP contribution in [0.2, 0.25) is 0 Å². The van der Waals surface area contributed by atoms with Crippen LogP contribution in [-0.2, 0) is 5.11 Å². The van der Waals surface area contributed by atoms with Crippen molar-refractivity contribution in [2.24, 2.45) is 0 Å². The molecular weight excluding hydrogens is 99.5 g/mol. The molecule has 0 heterocycles. The van der Waals surface area contributed by atoms with Crippen LogP contribution in [0, 0.1) is 0 Å². The predicted molar refractivity (Wildman–Crippen MR) is 25.4 cm³/mol. The molecule has 2 heteroatoms. The first kappa shape index (κ1) is 5.99. The van der Waals surface area contributed by atoms with Crippen molar-refractivity contribution in [1.29, 1.82) is 0 Å². The van der Waals surface area contributed by atoms with Crippen LogP contribution in [0.5, 0.6) is 0 Å². The fourth-order valence-corrected chi connectivity index (χ4v) is 0.116. The standard InChI is InChI=1S/C4H6ClO/c1-4(2-5)3-6/h1-3H2. The van der Waals surface area contributed by atoms with Gasteiger partial charge in [-0.25, -0.2) is 5.11 Å². The van der Waals surface area contributed by atoms with Crippen LogP contribution in [0.3, 0.4) is 0 Å². The molecule has 0 N–H and O–H groups in total. The van der Waals surface area contributed by atoms with Gasteiger partial charge in [0.25, 0.3) is 0 Å². The first-order chi connectivity index (χ1) is 2.81. The fourth-order valence-electron chi connectivity index (χ4n) is 0.0386. The quantitative estimate of drug-likeness (QED) is 0.372. The van der Waals surface area contributed by atoms with Crippen LogP contribution in [0.15, 0.2) is 12.2 Å². The summed E-state index contributed by atoms with van der Waals surface area (Å²) < 4.78 is 0. The molecule has 0 amide bonds. The SMILES string of the molecule is C=C(C[O])CCl. The molecule has 0 unspecified atom stereocenters. The second-order valence-electron chi connectivity index (χ2n) is 1.03. The van der Waals surface area contributed by atoms with Gasteiger partial charge in [-0.05, 0) is 5.57 Å². The molecule has 0 atom stereocenters. The third kappa shape index (κ3) is 2.24. The molecule has 0 aliphatic heterocycles. The van der Waals surface area contributed by atoms with E-state index in [4.69, 9.17) is 11.6 Å². The maximum absolute atomic E-state index is 9.68. The molecule has 0 saturated carbocycles. The van der Waals surface area contributed by atoms with Gasteiger partial charge >= 0.3 is 0 Å². The fraction of sp³-hybridized carbons (Fsp3) is 0.500. The summed E-state index contributed by atoms with van der Waals surface area (Å²) in [6.45, 7) is 3.10. The third-order valence-electron chi connectivity index (χ3n) is 0.393. The molecule has 0 aliphatic rings. The van der Waals surface area contributed by atoms with E-state index in [1.807, 2.05) is 0 Å². The minimum Gasteiger partial charge on any atom is -0.232 e. The minimum atomic E-state index is -0.247. The Labute approximate surface area is 42.2 Å². The van der Waals surface area contributed by atoms with Crippen LogP contribution in [0.4, 0.5) is 0 Å². The van der Waals surface area contributed by atoms with Gasteiger partial charge in [-0.3, -0.25) is 0 Å². The van der Waals surface area contributed by atoms with Crippen molar-refractivity contribution in [2.75, 3.05) is 12.5 Å². The van der Waals surface area contributed by atoms with Crippen LogP contribution in [-0.4, -0.2) is 12.5 Å². The summed E-state index contributed by atoms with van der Waals surface area (Å²) in [7, 11) is 0. The Hall–Kier alpha value is -0.0100. The molecule has 0 rings (SSSR count). The highest BCUT2D eigenvalue weighted by Crippen LogP contribution is 1.88. The molecular formula is C4H6ClO. The molecule has 6 heavy (non-hydrogen) atoms. The van der Waals surface area contributed by atoms with E-state index >= 15 is 0 Å². The zero-order valence-electron chi connectivity index (χ0n) is 3.41. The predicted octanol–water partition coefficient (Wildman–Crippen LogP) is 1.21. The molecule has 0 aromatic rings. The van der Waals surface area contributed by atoms with Gasteiger partial charge in [0.2, 0.25) is 0 Å². The number of alkyl halides is 1.